The van der Waals surface area contributed by atoms with E-state index in [-0.39, 0.29) is 0 Å². The van der Waals surface area contributed by atoms with Gasteiger partial charge < -0.3 is 0 Å². The molecule has 0 heterocycles. The van der Waals surface area contributed by atoms with Gasteiger partial charge in [0.1, 0.15) is 0 Å². The number of hydrogen-bond acceptors (Lipinski definition) is 2. The molecule has 1 rings (SSSR count). The van der Waals surface area contributed by atoms with E-state index in [1.54, 1.807) is 0 Å². The molecule has 0 unspecified atom stereocenters. The number of rotatable bonds is 10. The molecule has 0 atom stereocenters. The van der Waals surface area contributed by atoms with Crippen molar-refractivity contribution in [3.05, 3.63) is 35.9 Å². The summed E-state index contributed by atoms with van der Waals surface area (Å²) in [4.78, 5) is 0. The van der Waals surface area contributed by atoms with Crippen LogP contribution < -0.4 is 0 Å². The zero-order valence-electron chi connectivity index (χ0n) is 10.9. The number of hydrogen-bond donors (Lipinski definition) is 0. The minimum Gasteiger partial charge on any atom is -0.0938 e. The lowest BCUT2D eigenvalue weighted by Gasteiger charge is -2.02. The highest BCUT2D eigenvalue weighted by molar-refractivity contribution is 8.76. The zero-order valence-corrected chi connectivity index (χ0v) is 12.5. The highest BCUT2D eigenvalue weighted by Gasteiger charge is 1.94. The van der Waals surface area contributed by atoms with Crippen LogP contribution >= 0.6 is 21.6 Å². The van der Waals surface area contributed by atoms with Gasteiger partial charge in [0.15, 0.2) is 0 Å². The van der Waals surface area contributed by atoms with Crippen molar-refractivity contribution in [1.82, 2.24) is 0 Å². The fourth-order valence-corrected chi connectivity index (χ4v) is 3.90. The third kappa shape index (κ3) is 8.62. The largest absolute Gasteiger partial charge is 0.0938 e. The van der Waals surface area contributed by atoms with Gasteiger partial charge in [0.2, 0.25) is 0 Å². The Morgan fingerprint density at radius 1 is 0.824 bits per heavy atom. The Morgan fingerprint density at radius 2 is 1.53 bits per heavy atom. The second kappa shape index (κ2) is 11.0. The highest BCUT2D eigenvalue weighted by Crippen LogP contribution is 2.26. The van der Waals surface area contributed by atoms with E-state index in [9.17, 15) is 0 Å². The maximum Gasteiger partial charge on any atom is 0.0288 e. The molecule has 1 aromatic rings. The second-order valence-corrected chi connectivity index (χ2v) is 6.92. The van der Waals surface area contributed by atoms with Crippen LogP contribution in [0.3, 0.4) is 0 Å². The van der Waals surface area contributed by atoms with Crippen LogP contribution in [0.2, 0.25) is 0 Å². The van der Waals surface area contributed by atoms with Crippen LogP contribution in [0.25, 0.3) is 0 Å². The van der Waals surface area contributed by atoms with E-state index >= 15 is 0 Å². The predicted molar refractivity (Wildman–Crippen MR) is 83.6 cm³/mol. The topological polar surface area (TPSA) is 0 Å². The van der Waals surface area contributed by atoms with Crippen molar-refractivity contribution in [2.45, 2.75) is 51.2 Å². The maximum atomic E-state index is 2.27. The summed E-state index contributed by atoms with van der Waals surface area (Å²) >= 11 is 0. The Labute approximate surface area is 114 Å². The predicted octanol–water partition coefficient (Wildman–Crippen LogP) is 5.93. The quantitative estimate of drug-likeness (QED) is 0.381. The molecule has 0 amide bonds. The van der Waals surface area contributed by atoms with Crippen LogP contribution in [0.1, 0.15) is 51.0 Å². The molecule has 96 valence electrons. The standard InChI is InChI=1S/C15H24S2/c1-2-3-4-5-6-10-13-16-17-14-15-11-8-7-9-12-15/h7-9,11-12H,2-6,10,13-14H2,1H3. The molecule has 0 aliphatic carbocycles. The third-order valence-corrected chi connectivity index (χ3v) is 5.16. The van der Waals surface area contributed by atoms with Crippen LogP contribution in [0.4, 0.5) is 0 Å². The van der Waals surface area contributed by atoms with Gasteiger partial charge in [-0.1, -0.05) is 90.9 Å². The first-order valence-corrected chi connectivity index (χ1v) is 9.20. The van der Waals surface area contributed by atoms with Crippen LogP contribution in [0, 0.1) is 0 Å². The van der Waals surface area contributed by atoms with Gasteiger partial charge in [-0.2, -0.15) is 0 Å². The van der Waals surface area contributed by atoms with E-state index < -0.39 is 0 Å². The summed E-state index contributed by atoms with van der Waals surface area (Å²) < 4.78 is 0. The summed E-state index contributed by atoms with van der Waals surface area (Å²) in [5.74, 6) is 2.45. The van der Waals surface area contributed by atoms with E-state index in [0.29, 0.717) is 0 Å². The lowest BCUT2D eigenvalue weighted by Crippen LogP contribution is -1.81. The van der Waals surface area contributed by atoms with Crippen molar-refractivity contribution >= 4 is 21.6 Å². The van der Waals surface area contributed by atoms with Crippen LogP contribution in [-0.4, -0.2) is 5.75 Å². The normalized spacial score (nSPS) is 10.6. The van der Waals surface area contributed by atoms with Crippen molar-refractivity contribution in [1.29, 1.82) is 0 Å². The average molecular weight is 268 g/mol. The minimum absolute atomic E-state index is 1.14. The summed E-state index contributed by atoms with van der Waals surface area (Å²) in [5.41, 5.74) is 1.44. The first-order chi connectivity index (χ1) is 8.43. The van der Waals surface area contributed by atoms with E-state index in [4.69, 9.17) is 0 Å². The van der Waals surface area contributed by atoms with Gasteiger partial charge in [0, 0.05) is 11.5 Å². The Kier molecular flexibility index (Phi) is 9.72. The Bertz CT molecular complexity index is 259. The zero-order chi connectivity index (χ0) is 12.2. The summed E-state index contributed by atoms with van der Waals surface area (Å²) in [5, 5.41) is 0. The maximum absolute atomic E-state index is 2.27. The molecule has 0 aliphatic rings. The fraction of sp³-hybridized carbons (Fsp3) is 0.600. The molecule has 0 aliphatic heterocycles. The van der Waals surface area contributed by atoms with E-state index in [1.165, 1.54) is 49.8 Å². The molecular weight excluding hydrogens is 244 g/mol. The molecule has 1 aromatic carbocycles. The first kappa shape index (κ1) is 15.0. The summed E-state index contributed by atoms with van der Waals surface area (Å²) in [7, 11) is 4.02. The Morgan fingerprint density at radius 3 is 2.29 bits per heavy atom. The first-order valence-electron chi connectivity index (χ1n) is 6.72. The van der Waals surface area contributed by atoms with Gasteiger partial charge in [-0.25, -0.2) is 0 Å². The summed E-state index contributed by atoms with van der Waals surface area (Å²) in [6.07, 6.45) is 8.42. The van der Waals surface area contributed by atoms with Gasteiger partial charge >= 0.3 is 0 Å². The number of unbranched alkanes of at least 4 members (excludes halogenated alkanes) is 5. The molecule has 0 saturated heterocycles. The number of benzene rings is 1. The van der Waals surface area contributed by atoms with Crippen molar-refractivity contribution in [3.63, 3.8) is 0 Å². The van der Waals surface area contributed by atoms with Crippen molar-refractivity contribution < 1.29 is 0 Å². The van der Waals surface area contributed by atoms with Crippen molar-refractivity contribution in [3.8, 4) is 0 Å². The van der Waals surface area contributed by atoms with Crippen LogP contribution in [0.15, 0.2) is 30.3 Å². The summed E-state index contributed by atoms with van der Waals surface area (Å²) in [6, 6.07) is 10.7. The third-order valence-electron chi connectivity index (χ3n) is 2.73. The SMILES string of the molecule is CCCCCCCCSSCc1ccccc1. The Balaban J connectivity index is 1.85. The lowest BCUT2D eigenvalue weighted by molar-refractivity contribution is 0.627. The van der Waals surface area contributed by atoms with Gasteiger partial charge in [-0.3, -0.25) is 0 Å². The molecule has 0 N–H and O–H groups in total. The fourth-order valence-electron chi connectivity index (χ4n) is 1.68. The lowest BCUT2D eigenvalue weighted by atomic mass is 10.1. The van der Waals surface area contributed by atoms with Crippen LogP contribution in [-0.2, 0) is 5.75 Å². The molecule has 0 saturated carbocycles. The van der Waals surface area contributed by atoms with Crippen LogP contribution in [0.5, 0.6) is 0 Å². The smallest absolute Gasteiger partial charge is 0.0288 e. The van der Waals surface area contributed by atoms with Gasteiger partial charge in [0.25, 0.3) is 0 Å². The molecule has 0 fully saturated rings. The molecule has 0 radical (unpaired) electrons. The van der Waals surface area contributed by atoms with E-state index in [0.717, 1.165) is 5.75 Å². The van der Waals surface area contributed by atoms with Gasteiger partial charge in [0.05, 0.1) is 0 Å². The highest BCUT2D eigenvalue weighted by atomic mass is 33.1. The molecule has 0 aromatic heterocycles. The van der Waals surface area contributed by atoms with Gasteiger partial charge in [-0.05, 0) is 12.0 Å². The van der Waals surface area contributed by atoms with E-state index in [1.807, 2.05) is 21.6 Å². The monoisotopic (exact) mass is 268 g/mol. The minimum atomic E-state index is 1.14. The van der Waals surface area contributed by atoms with E-state index in [2.05, 4.69) is 37.3 Å². The summed E-state index contributed by atoms with van der Waals surface area (Å²) in [6.45, 7) is 2.27. The van der Waals surface area contributed by atoms with Crippen molar-refractivity contribution in [2.24, 2.45) is 0 Å². The van der Waals surface area contributed by atoms with Crippen molar-refractivity contribution in [2.75, 3.05) is 5.75 Å². The molecule has 2 heteroatoms. The Hall–Kier alpha value is -0.0800. The molecule has 0 bridgehead atoms. The average Bonchev–Trinajstić information content (AvgIpc) is 2.38. The van der Waals surface area contributed by atoms with Gasteiger partial charge in [-0.15, -0.1) is 0 Å². The molecular formula is C15H24S2. The molecule has 0 nitrogen and oxygen atoms in total. The molecule has 0 spiro atoms. The molecule has 17 heavy (non-hydrogen) atoms. The second-order valence-electron chi connectivity index (χ2n) is 4.34.